The molecule has 116 valence electrons. The Balaban J connectivity index is 2.39. The molecule has 0 bridgehead atoms. The number of carboxylic acid groups (broad SMARTS) is 1. The molecule has 6 nitrogen and oxygen atoms in total. The largest absolute Gasteiger partial charge is 0.493 e. The van der Waals surface area contributed by atoms with E-state index in [1.807, 2.05) is 0 Å². The van der Waals surface area contributed by atoms with Crippen LogP contribution in [0.1, 0.15) is 17.3 Å². The maximum Gasteiger partial charge on any atom is 0.339 e. The number of hydrogen-bond acceptors (Lipinski definition) is 4. The summed E-state index contributed by atoms with van der Waals surface area (Å²) >= 11 is 0. The fourth-order valence-corrected chi connectivity index (χ4v) is 2.93. The molecule has 0 atom stereocenters. The molecule has 22 heavy (non-hydrogen) atoms. The molecule has 0 spiro atoms. The lowest BCUT2D eigenvalue weighted by Crippen LogP contribution is -2.14. The lowest BCUT2D eigenvalue weighted by Gasteiger charge is -2.11. The van der Waals surface area contributed by atoms with Crippen LogP contribution in [0.25, 0.3) is 0 Å². The Morgan fingerprint density at radius 3 is 2.45 bits per heavy atom. The first-order valence-corrected chi connectivity index (χ1v) is 8.00. The van der Waals surface area contributed by atoms with Gasteiger partial charge in [-0.3, -0.25) is 4.72 Å². The van der Waals surface area contributed by atoms with Gasteiger partial charge >= 0.3 is 5.97 Å². The van der Waals surface area contributed by atoms with Crippen molar-refractivity contribution in [3.63, 3.8) is 0 Å². The van der Waals surface area contributed by atoms with Crippen LogP contribution in [0.3, 0.4) is 0 Å². The summed E-state index contributed by atoms with van der Waals surface area (Å²) < 4.78 is 32.2. The second-order valence-corrected chi connectivity index (χ2v) is 6.05. The van der Waals surface area contributed by atoms with E-state index in [4.69, 9.17) is 4.74 Å². The molecule has 0 saturated carbocycles. The Morgan fingerprint density at radius 1 is 1.18 bits per heavy atom. The minimum Gasteiger partial charge on any atom is -0.493 e. The molecule has 2 rings (SSSR count). The smallest absolute Gasteiger partial charge is 0.339 e. The zero-order chi connectivity index (χ0) is 16.2. The van der Waals surface area contributed by atoms with Gasteiger partial charge in [0.25, 0.3) is 10.0 Å². The number of benzene rings is 2. The van der Waals surface area contributed by atoms with Crippen LogP contribution in [0.4, 0.5) is 5.69 Å². The molecule has 0 unspecified atom stereocenters. The van der Waals surface area contributed by atoms with Gasteiger partial charge in [-0.2, -0.15) is 0 Å². The summed E-state index contributed by atoms with van der Waals surface area (Å²) in [6, 6.07) is 12.1. The normalized spacial score (nSPS) is 11.0. The number of carboxylic acids is 1. The number of rotatable bonds is 6. The Kier molecular flexibility index (Phi) is 4.67. The highest BCUT2D eigenvalue weighted by Gasteiger charge is 2.19. The third-order valence-electron chi connectivity index (χ3n) is 2.82. The van der Waals surface area contributed by atoms with Crippen molar-refractivity contribution in [2.24, 2.45) is 0 Å². The zero-order valence-electron chi connectivity index (χ0n) is 11.8. The Hall–Kier alpha value is -2.54. The van der Waals surface area contributed by atoms with E-state index >= 15 is 0 Å². The summed E-state index contributed by atoms with van der Waals surface area (Å²) in [5.41, 5.74) is 0.200. The Bertz CT molecular complexity index is 772. The maximum atomic E-state index is 12.3. The first-order chi connectivity index (χ1) is 10.4. The molecule has 0 fully saturated rings. The first kappa shape index (κ1) is 15.8. The topological polar surface area (TPSA) is 92.7 Å². The number of nitrogens with one attached hydrogen (secondary N) is 1. The lowest BCUT2D eigenvalue weighted by molar-refractivity contribution is 0.0692. The monoisotopic (exact) mass is 321 g/mol. The molecule has 0 aliphatic rings. The van der Waals surface area contributed by atoms with Crippen molar-refractivity contribution < 1.29 is 23.1 Å². The highest BCUT2D eigenvalue weighted by Crippen LogP contribution is 2.24. The Morgan fingerprint density at radius 2 is 1.86 bits per heavy atom. The predicted molar refractivity (Wildman–Crippen MR) is 81.8 cm³/mol. The molecule has 2 aromatic carbocycles. The van der Waals surface area contributed by atoms with Crippen molar-refractivity contribution in [2.45, 2.75) is 11.8 Å². The van der Waals surface area contributed by atoms with E-state index in [9.17, 15) is 18.3 Å². The van der Waals surface area contributed by atoms with Crippen molar-refractivity contribution in [2.75, 3.05) is 11.3 Å². The molecule has 0 saturated heterocycles. The van der Waals surface area contributed by atoms with E-state index < -0.39 is 16.0 Å². The molecule has 0 aromatic heterocycles. The second-order valence-electron chi connectivity index (χ2n) is 4.37. The summed E-state index contributed by atoms with van der Waals surface area (Å²) in [5, 5.41) is 9.18. The van der Waals surface area contributed by atoms with Crippen LogP contribution in [0.2, 0.25) is 0 Å². The van der Waals surface area contributed by atoms with Gasteiger partial charge in [0, 0.05) is 5.69 Å². The molecule has 2 N–H and O–H groups in total. The SMILES string of the molecule is CCOc1ccc(S(=O)(=O)Nc2ccccc2)cc1C(=O)O. The Labute approximate surface area is 128 Å². The van der Waals surface area contributed by atoms with Gasteiger partial charge < -0.3 is 9.84 Å². The van der Waals surface area contributed by atoms with Crippen LogP contribution in [-0.4, -0.2) is 26.1 Å². The average molecular weight is 321 g/mol. The summed E-state index contributed by atoms with van der Waals surface area (Å²) in [6.07, 6.45) is 0. The van der Waals surface area contributed by atoms with Crippen LogP contribution < -0.4 is 9.46 Å². The molecule has 2 aromatic rings. The first-order valence-electron chi connectivity index (χ1n) is 6.52. The quantitative estimate of drug-likeness (QED) is 0.853. The van der Waals surface area contributed by atoms with Gasteiger partial charge in [-0.1, -0.05) is 18.2 Å². The van der Waals surface area contributed by atoms with Crippen LogP contribution in [0.5, 0.6) is 5.75 Å². The standard InChI is InChI=1S/C15H15NO5S/c1-2-21-14-9-8-12(10-13(14)15(17)18)22(19,20)16-11-6-4-3-5-7-11/h3-10,16H,2H2,1H3,(H,17,18). The van der Waals surface area contributed by atoms with Gasteiger partial charge in [0.1, 0.15) is 11.3 Å². The molecule has 0 amide bonds. The summed E-state index contributed by atoms with van der Waals surface area (Å²) in [4.78, 5) is 11.1. The second kappa shape index (κ2) is 6.48. The van der Waals surface area contributed by atoms with E-state index in [1.165, 1.54) is 12.1 Å². The van der Waals surface area contributed by atoms with Gasteiger partial charge in [0.2, 0.25) is 0 Å². The molecular weight excluding hydrogens is 306 g/mol. The predicted octanol–water partition coefficient (Wildman–Crippen LogP) is 2.58. The third-order valence-corrected chi connectivity index (χ3v) is 4.20. The fourth-order valence-electron chi connectivity index (χ4n) is 1.85. The molecule has 0 radical (unpaired) electrons. The minimum atomic E-state index is -3.87. The molecular formula is C15H15NO5S. The maximum absolute atomic E-state index is 12.3. The summed E-state index contributed by atoms with van der Waals surface area (Å²) in [5.74, 6) is -1.12. The van der Waals surface area contributed by atoms with Crippen molar-refractivity contribution >= 4 is 21.7 Å². The summed E-state index contributed by atoms with van der Waals surface area (Å²) in [7, 11) is -3.87. The van der Waals surface area contributed by atoms with Crippen molar-refractivity contribution in [1.82, 2.24) is 0 Å². The number of sulfonamides is 1. The highest BCUT2D eigenvalue weighted by atomic mass is 32.2. The zero-order valence-corrected chi connectivity index (χ0v) is 12.6. The van der Waals surface area contributed by atoms with E-state index in [0.29, 0.717) is 5.69 Å². The number of carbonyl (C=O) groups is 1. The van der Waals surface area contributed by atoms with Crippen molar-refractivity contribution in [3.05, 3.63) is 54.1 Å². The third kappa shape index (κ3) is 3.56. The van der Waals surface area contributed by atoms with E-state index in [0.717, 1.165) is 6.07 Å². The number of ether oxygens (including phenoxy) is 1. The van der Waals surface area contributed by atoms with Gasteiger partial charge in [-0.15, -0.1) is 0 Å². The molecule has 0 aliphatic carbocycles. The fraction of sp³-hybridized carbons (Fsp3) is 0.133. The van der Waals surface area contributed by atoms with Gasteiger partial charge in [-0.05, 0) is 37.3 Å². The van der Waals surface area contributed by atoms with Gasteiger partial charge in [-0.25, -0.2) is 13.2 Å². The number of aromatic carboxylic acids is 1. The van der Waals surface area contributed by atoms with Crippen LogP contribution in [0.15, 0.2) is 53.4 Å². The van der Waals surface area contributed by atoms with E-state index in [2.05, 4.69) is 4.72 Å². The molecule has 0 aliphatic heterocycles. The average Bonchev–Trinajstić information content (AvgIpc) is 2.48. The van der Waals surface area contributed by atoms with Crippen molar-refractivity contribution in [3.8, 4) is 5.75 Å². The van der Waals surface area contributed by atoms with Crippen LogP contribution in [-0.2, 0) is 10.0 Å². The van der Waals surface area contributed by atoms with Gasteiger partial charge in [0.15, 0.2) is 0 Å². The van der Waals surface area contributed by atoms with E-state index in [1.54, 1.807) is 37.3 Å². The van der Waals surface area contributed by atoms with Crippen LogP contribution in [0, 0.1) is 0 Å². The van der Waals surface area contributed by atoms with Crippen molar-refractivity contribution in [1.29, 1.82) is 0 Å². The lowest BCUT2D eigenvalue weighted by atomic mass is 10.2. The van der Waals surface area contributed by atoms with Gasteiger partial charge in [0.05, 0.1) is 11.5 Å². The molecule has 0 heterocycles. The van der Waals surface area contributed by atoms with E-state index in [-0.39, 0.29) is 22.8 Å². The van der Waals surface area contributed by atoms with Crippen LogP contribution >= 0.6 is 0 Å². The minimum absolute atomic E-state index is 0.133. The number of para-hydroxylation sites is 1. The highest BCUT2D eigenvalue weighted by molar-refractivity contribution is 7.92. The molecule has 7 heteroatoms. The summed E-state index contributed by atoms with van der Waals surface area (Å²) in [6.45, 7) is 2.00. The number of anilines is 1. The number of hydrogen-bond donors (Lipinski definition) is 2.